The molecule has 0 aliphatic carbocycles. The highest BCUT2D eigenvalue weighted by Crippen LogP contribution is 2.28. The van der Waals surface area contributed by atoms with Gasteiger partial charge in [-0.1, -0.05) is 32.6 Å². The Labute approximate surface area is 125 Å². The van der Waals surface area contributed by atoms with Gasteiger partial charge in [0.1, 0.15) is 0 Å². The fourth-order valence-electron chi connectivity index (χ4n) is 4.02. The fraction of sp³-hybridized carbons (Fsp3) is 1.00. The maximum absolute atomic E-state index is 6.19. The maximum atomic E-state index is 6.19. The molecule has 2 saturated heterocycles. The minimum absolute atomic E-state index is 0.229. The van der Waals surface area contributed by atoms with Crippen LogP contribution in [0.15, 0.2) is 0 Å². The van der Waals surface area contributed by atoms with Crippen LogP contribution in [0.2, 0.25) is 0 Å². The second-order valence-corrected chi connectivity index (χ2v) is 7.14. The van der Waals surface area contributed by atoms with Crippen LogP contribution in [-0.4, -0.2) is 54.1 Å². The Morgan fingerprint density at radius 2 is 1.90 bits per heavy atom. The average Bonchev–Trinajstić information content (AvgIpc) is 2.80. The Bertz CT molecular complexity index is 281. The topological polar surface area (TPSA) is 32.5 Å². The maximum Gasteiger partial charge on any atom is 0.0304 e. The van der Waals surface area contributed by atoms with Gasteiger partial charge < -0.3 is 5.73 Å². The Morgan fingerprint density at radius 3 is 2.65 bits per heavy atom. The monoisotopic (exact) mass is 281 g/mol. The number of nitrogens with zero attached hydrogens (tertiary/aromatic N) is 2. The standard InChI is InChI=1S/C17H35N3/c1-3-4-5-6-10-17(2,15-18)20-13-8-12-19-11-7-9-16(19)14-20/h16H,3-15,18H2,1-2H3. The number of hydrogen-bond donors (Lipinski definition) is 1. The van der Waals surface area contributed by atoms with Crippen LogP contribution in [0.5, 0.6) is 0 Å². The van der Waals surface area contributed by atoms with Gasteiger partial charge in [0, 0.05) is 31.2 Å². The largest absolute Gasteiger partial charge is 0.329 e. The van der Waals surface area contributed by atoms with E-state index in [1.807, 2.05) is 0 Å². The molecule has 0 bridgehead atoms. The molecule has 2 atom stereocenters. The van der Waals surface area contributed by atoms with E-state index in [2.05, 4.69) is 23.6 Å². The van der Waals surface area contributed by atoms with Crippen LogP contribution in [-0.2, 0) is 0 Å². The molecule has 0 saturated carbocycles. The van der Waals surface area contributed by atoms with Gasteiger partial charge in [-0.25, -0.2) is 0 Å². The summed E-state index contributed by atoms with van der Waals surface area (Å²) in [6.07, 6.45) is 10.8. The highest BCUT2D eigenvalue weighted by Gasteiger charge is 2.36. The molecule has 0 aromatic carbocycles. The molecule has 2 rings (SSSR count). The van der Waals surface area contributed by atoms with Crippen molar-refractivity contribution >= 4 is 0 Å². The zero-order valence-corrected chi connectivity index (χ0v) is 13.7. The molecule has 2 aliphatic rings. The van der Waals surface area contributed by atoms with Gasteiger partial charge in [0.05, 0.1) is 0 Å². The molecule has 2 N–H and O–H groups in total. The van der Waals surface area contributed by atoms with E-state index in [4.69, 9.17) is 5.73 Å². The molecular formula is C17H35N3. The molecule has 2 fully saturated rings. The van der Waals surface area contributed by atoms with Crippen molar-refractivity contribution in [3.8, 4) is 0 Å². The van der Waals surface area contributed by atoms with E-state index in [9.17, 15) is 0 Å². The van der Waals surface area contributed by atoms with Gasteiger partial charge >= 0.3 is 0 Å². The number of nitrogens with two attached hydrogens (primary N) is 1. The molecule has 118 valence electrons. The zero-order valence-electron chi connectivity index (χ0n) is 13.7. The van der Waals surface area contributed by atoms with Crippen molar-refractivity contribution in [1.82, 2.24) is 9.80 Å². The van der Waals surface area contributed by atoms with Crippen molar-refractivity contribution in [2.24, 2.45) is 5.73 Å². The molecule has 0 amide bonds. The molecule has 3 nitrogen and oxygen atoms in total. The number of hydrogen-bond acceptors (Lipinski definition) is 3. The molecular weight excluding hydrogens is 246 g/mol. The van der Waals surface area contributed by atoms with Gasteiger partial charge in [0.2, 0.25) is 0 Å². The minimum Gasteiger partial charge on any atom is -0.329 e. The van der Waals surface area contributed by atoms with Gasteiger partial charge in [0.25, 0.3) is 0 Å². The van der Waals surface area contributed by atoms with Crippen molar-refractivity contribution in [3.05, 3.63) is 0 Å². The summed E-state index contributed by atoms with van der Waals surface area (Å²) in [4.78, 5) is 5.45. The summed E-state index contributed by atoms with van der Waals surface area (Å²) in [5, 5.41) is 0. The van der Waals surface area contributed by atoms with Crippen LogP contribution in [0.4, 0.5) is 0 Å². The van der Waals surface area contributed by atoms with Crippen LogP contribution in [0, 0.1) is 0 Å². The molecule has 2 heterocycles. The third-order valence-corrected chi connectivity index (χ3v) is 5.58. The molecule has 0 aromatic rings. The summed E-state index contributed by atoms with van der Waals surface area (Å²) in [5.41, 5.74) is 6.41. The zero-order chi connectivity index (χ0) is 14.4. The smallest absolute Gasteiger partial charge is 0.0304 e. The lowest BCUT2D eigenvalue weighted by Gasteiger charge is -2.41. The summed E-state index contributed by atoms with van der Waals surface area (Å²) in [6.45, 7) is 10.6. The van der Waals surface area contributed by atoms with Crippen molar-refractivity contribution in [2.75, 3.05) is 32.7 Å². The van der Waals surface area contributed by atoms with Crippen LogP contribution in [0.25, 0.3) is 0 Å². The van der Waals surface area contributed by atoms with Crippen LogP contribution < -0.4 is 5.73 Å². The highest BCUT2D eigenvalue weighted by molar-refractivity contribution is 4.93. The predicted molar refractivity (Wildman–Crippen MR) is 87.0 cm³/mol. The van der Waals surface area contributed by atoms with Crippen molar-refractivity contribution in [1.29, 1.82) is 0 Å². The third-order valence-electron chi connectivity index (χ3n) is 5.58. The first kappa shape index (κ1) is 16.3. The molecule has 0 radical (unpaired) electrons. The average molecular weight is 281 g/mol. The van der Waals surface area contributed by atoms with Gasteiger partial charge in [-0.2, -0.15) is 0 Å². The van der Waals surface area contributed by atoms with Crippen LogP contribution >= 0.6 is 0 Å². The summed E-state index contributed by atoms with van der Waals surface area (Å²) >= 11 is 0. The summed E-state index contributed by atoms with van der Waals surface area (Å²) in [6, 6.07) is 0.805. The van der Waals surface area contributed by atoms with E-state index in [1.54, 1.807) is 0 Å². The first-order chi connectivity index (χ1) is 9.69. The lowest BCUT2D eigenvalue weighted by atomic mass is 9.91. The molecule has 2 aliphatic heterocycles. The number of unbranched alkanes of at least 4 members (excludes halogenated alkanes) is 3. The summed E-state index contributed by atoms with van der Waals surface area (Å²) in [7, 11) is 0. The minimum atomic E-state index is 0.229. The van der Waals surface area contributed by atoms with E-state index < -0.39 is 0 Å². The Hall–Kier alpha value is -0.120. The Morgan fingerprint density at radius 1 is 1.10 bits per heavy atom. The molecule has 0 aromatic heterocycles. The lowest BCUT2D eigenvalue weighted by Crippen LogP contribution is -2.54. The molecule has 0 spiro atoms. The van der Waals surface area contributed by atoms with E-state index in [0.29, 0.717) is 0 Å². The van der Waals surface area contributed by atoms with E-state index >= 15 is 0 Å². The number of rotatable bonds is 7. The molecule has 3 heteroatoms. The third kappa shape index (κ3) is 3.96. The SMILES string of the molecule is CCCCCCC(C)(CN)N1CCCN2CCCC2C1. The van der Waals surface area contributed by atoms with E-state index in [0.717, 1.165) is 12.6 Å². The molecule has 2 unspecified atom stereocenters. The van der Waals surface area contributed by atoms with Crippen molar-refractivity contribution < 1.29 is 0 Å². The number of fused-ring (bicyclic) bond motifs is 1. The molecule has 20 heavy (non-hydrogen) atoms. The second kappa shape index (κ2) is 7.77. The normalized spacial score (nSPS) is 28.1. The van der Waals surface area contributed by atoms with Crippen LogP contribution in [0.3, 0.4) is 0 Å². The summed E-state index contributed by atoms with van der Waals surface area (Å²) < 4.78 is 0. The first-order valence-corrected chi connectivity index (χ1v) is 8.89. The first-order valence-electron chi connectivity index (χ1n) is 8.89. The quantitative estimate of drug-likeness (QED) is 0.728. The second-order valence-electron chi connectivity index (χ2n) is 7.14. The Kier molecular flexibility index (Phi) is 6.31. The fourth-order valence-corrected chi connectivity index (χ4v) is 4.02. The highest BCUT2D eigenvalue weighted by atomic mass is 15.3. The Balaban J connectivity index is 1.90. The van der Waals surface area contributed by atoms with Gasteiger partial charge in [-0.15, -0.1) is 0 Å². The summed E-state index contributed by atoms with van der Waals surface area (Å²) in [5.74, 6) is 0. The van der Waals surface area contributed by atoms with Crippen molar-refractivity contribution in [3.63, 3.8) is 0 Å². The van der Waals surface area contributed by atoms with Gasteiger partial charge in [-0.05, 0) is 45.7 Å². The predicted octanol–water partition coefficient (Wildman–Crippen LogP) is 2.84. The van der Waals surface area contributed by atoms with E-state index in [-0.39, 0.29) is 5.54 Å². The van der Waals surface area contributed by atoms with Gasteiger partial charge in [0.15, 0.2) is 0 Å². The van der Waals surface area contributed by atoms with Crippen molar-refractivity contribution in [2.45, 2.75) is 76.8 Å². The van der Waals surface area contributed by atoms with Crippen LogP contribution in [0.1, 0.15) is 65.2 Å². The lowest BCUT2D eigenvalue weighted by molar-refractivity contribution is 0.0889. The van der Waals surface area contributed by atoms with Gasteiger partial charge in [-0.3, -0.25) is 9.80 Å². The van der Waals surface area contributed by atoms with E-state index in [1.165, 1.54) is 77.5 Å².